The van der Waals surface area contributed by atoms with Crippen LogP contribution in [0.15, 0.2) is 0 Å². The van der Waals surface area contributed by atoms with Crippen molar-refractivity contribution < 1.29 is 23.4 Å². The van der Waals surface area contributed by atoms with Gasteiger partial charge in [0.05, 0.1) is 6.10 Å². The molecule has 0 aliphatic rings. The molecule has 0 aromatic carbocycles. The number of aliphatic hydroxyl groups is 1. The standard InChI is InChI=1S/C8H18N2O5S/c1-4-10(5-2)16(14,15)9-7(6(3)11)8(12)13/h6-7,9,11H,4-5H2,1-3H3,(H,12,13)/t6-,7+/m1/s1. The highest BCUT2D eigenvalue weighted by molar-refractivity contribution is 7.87. The molecule has 0 aliphatic heterocycles. The summed E-state index contributed by atoms with van der Waals surface area (Å²) in [4.78, 5) is 10.7. The van der Waals surface area contributed by atoms with Gasteiger partial charge < -0.3 is 10.2 Å². The summed E-state index contributed by atoms with van der Waals surface area (Å²) in [5.41, 5.74) is 0. The van der Waals surface area contributed by atoms with Gasteiger partial charge in [0.15, 0.2) is 0 Å². The molecule has 0 unspecified atom stereocenters. The summed E-state index contributed by atoms with van der Waals surface area (Å²) in [6, 6.07) is -1.54. The van der Waals surface area contributed by atoms with Gasteiger partial charge in [-0.05, 0) is 6.92 Å². The second-order valence-corrected chi connectivity index (χ2v) is 4.97. The molecule has 8 heteroatoms. The Kier molecular flexibility index (Phi) is 5.87. The zero-order valence-electron chi connectivity index (χ0n) is 9.54. The maximum Gasteiger partial charge on any atom is 0.324 e. The maximum atomic E-state index is 11.7. The zero-order chi connectivity index (χ0) is 12.9. The lowest BCUT2D eigenvalue weighted by Crippen LogP contribution is -2.52. The summed E-state index contributed by atoms with van der Waals surface area (Å²) in [7, 11) is -3.87. The van der Waals surface area contributed by atoms with Crippen LogP contribution in [-0.2, 0) is 15.0 Å². The first-order valence-electron chi connectivity index (χ1n) is 4.94. The Morgan fingerprint density at radius 1 is 1.38 bits per heavy atom. The van der Waals surface area contributed by atoms with E-state index in [1.54, 1.807) is 13.8 Å². The van der Waals surface area contributed by atoms with Crippen LogP contribution in [0.25, 0.3) is 0 Å². The number of rotatable bonds is 7. The smallest absolute Gasteiger partial charge is 0.324 e. The first kappa shape index (κ1) is 15.3. The van der Waals surface area contributed by atoms with E-state index in [9.17, 15) is 13.2 Å². The van der Waals surface area contributed by atoms with Gasteiger partial charge >= 0.3 is 5.97 Å². The topological polar surface area (TPSA) is 107 Å². The number of nitrogens with one attached hydrogen (secondary N) is 1. The molecule has 96 valence electrons. The van der Waals surface area contributed by atoms with E-state index in [1.165, 1.54) is 6.92 Å². The van der Waals surface area contributed by atoms with Crippen molar-refractivity contribution in [1.82, 2.24) is 9.03 Å². The average molecular weight is 254 g/mol. The molecule has 0 aromatic rings. The summed E-state index contributed by atoms with van der Waals surface area (Å²) in [6.45, 7) is 4.96. The van der Waals surface area contributed by atoms with Gasteiger partial charge in [0.2, 0.25) is 0 Å². The van der Waals surface area contributed by atoms with Crippen LogP contribution in [0, 0.1) is 0 Å². The summed E-state index contributed by atoms with van der Waals surface area (Å²) < 4.78 is 26.3. The number of hydrogen-bond donors (Lipinski definition) is 3. The van der Waals surface area contributed by atoms with Crippen LogP contribution in [0.2, 0.25) is 0 Å². The summed E-state index contributed by atoms with van der Waals surface area (Å²) in [5.74, 6) is -1.41. The normalized spacial score (nSPS) is 16.1. The molecular formula is C8H18N2O5S. The molecule has 0 aromatic heterocycles. The molecule has 3 N–H and O–H groups in total. The third kappa shape index (κ3) is 4.05. The summed E-state index contributed by atoms with van der Waals surface area (Å²) in [6.07, 6.45) is -1.30. The van der Waals surface area contributed by atoms with Crippen molar-refractivity contribution in [3.63, 3.8) is 0 Å². The second-order valence-electron chi connectivity index (χ2n) is 3.26. The van der Waals surface area contributed by atoms with Crippen LogP contribution in [0.3, 0.4) is 0 Å². The first-order chi connectivity index (χ1) is 7.26. The fourth-order valence-corrected chi connectivity index (χ4v) is 2.60. The lowest BCUT2D eigenvalue weighted by molar-refractivity contribution is -0.141. The van der Waals surface area contributed by atoms with E-state index in [0.29, 0.717) is 0 Å². The molecule has 0 fully saturated rings. The fraction of sp³-hybridized carbons (Fsp3) is 0.875. The number of nitrogens with zero attached hydrogens (tertiary/aromatic N) is 1. The minimum Gasteiger partial charge on any atom is -0.480 e. The van der Waals surface area contributed by atoms with Gasteiger partial charge in [-0.1, -0.05) is 13.8 Å². The van der Waals surface area contributed by atoms with Crippen molar-refractivity contribution in [2.24, 2.45) is 0 Å². The van der Waals surface area contributed by atoms with Crippen molar-refractivity contribution >= 4 is 16.2 Å². The Hall–Kier alpha value is -0.700. The van der Waals surface area contributed by atoms with Crippen molar-refractivity contribution in [2.45, 2.75) is 32.9 Å². The van der Waals surface area contributed by atoms with Gasteiger partial charge in [0.25, 0.3) is 10.2 Å². The monoisotopic (exact) mass is 254 g/mol. The van der Waals surface area contributed by atoms with E-state index < -0.39 is 28.3 Å². The fourth-order valence-electron chi connectivity index (χ4n) is 1.15. The van der Waals surface area contributed by atoms with Gasteiger partial charge in [0, 0.05) is 13.1 Å². The van der Waals surface area contributed by atoms with Crippen molar-refractivity contribution in [1.29, 1.82) is 0 Å². The van der Waals surface area contributed by atoms with E-state index >= 15 is 0 Å². The Morgan fingerprint density at radius 3 is 2.06 bits per heavy atom. The SMILES string of the molecule is CCN(CC)S(=O)(=O)N[C@H](C(=O)O)[C@@H](C)O. The molecule has 0 spiro atoms. The van der Waals surface area contributed by atoms with Gasteiger partial charge in [-0.25, -0.2) is 0 Å². The molecule has 0 heterocycles. The largest absolute Gasteiger partial charge is 0.480 e. The Labute approximate surface area is 95.2 Å². The predicted octanol–water partition coefficient (Wildman–Crippen LogP) is -1.00. The van der Waals surface area contributed by atoms with Crippen LogP contribution in [0.5, 0.6) is 0 Å². The highest BCUT2D eigenvalue weighted by Gasteiger charge is 2.30. The molecular weight excluding hydrogens is 236 g/mol. The molecule has 0 saturated heterocycles. The number of aliphatic carboxylic acids is 1. The molecule has 0 aliphatic carbocycles. The van der Waals surface area contributed by atoms with Gasteiger partial charge in [0.1, 0.15) is 6.04 Å². The number of hydrogen-bond acceptors (Lipinski definition) is 4. The molecule has 7 nitrogen and oxygen atoms in total. The number of carboxylic acid groups (broad SMARTS) is 1. The van der Waals surface area contributed by atoms with E-state index in [-0.39, 0.29) is 13.1 Å². The van der Waals surface area contributed by atoms with Crippen LogP contribution in [-0.4, -0.2) is 54.1 Å². The Morgan fingerprint density at radius 2 is 1.81 bits per heavy atom. The molecule has 16 heavy (non-hydrogen) atoms. The van der Waals surface area contributed by atoms with Gasteiger partial charge in [-0.3, -0.25) is 4.79 Å². The number of carbonyl (C=O) groups is 1. The van der Waals surface area contributed by atoms with Crippen molar-refractivity contribution in [3.05, 3.63) is 0 Å². The second kappa shape index (κ2) is 6.14. The molecule has 0 rings (SSSR count). The summed E-state index contributed by atoms with van der Waals surface area (Å²) >= 11 is 0. The van der Waals surface area contributed by atoms with E-state index in [0.717, 1.165) is 4.31 Å². The van der Waals surface area contributed by atoms with Crippen LogP contribution >= 0.6 is 0 Å². The number of carboxylic acids is 1. The van der Waals surface area contributed by atoms with E-state index in [4.69, 9.17) is 10.2 Å². The lowest BCUT2D eigenvalue weighted by Gasteiger charge is -2.23. The zero-order valence-corrected chi connectivity index (χ0v) is 10.4. The average Bonchev–Trinajstić information content (AvgIpc) is 2.14. The third-order valence-corrected chi connectivity index (χ3v) is 3.82. The third-order valence-electron chi connectivity index (χ3n) is 2.07. The highest BCUT2D eigenvalue weighted by atomic mass is 32.2. The quantitative estimate of drug-likeness (QED) is 0.540. The van der Waals surface area contributed by atoms with Crippen molar-refractivity contribution in [2.75, 3.05) is 13.1 Å². The van der Waals surface area contributed by atoms with Gasteiger partial charge in [-0.15, -0.1) is 0 Å². The van der Waals surface area contributed by atoms with Crippen LogP contribution in [0.4, 0.5) is 0 Å². The molecule has 2 atom stereocenters. The van der Waals surface area contributed by atoms with Crippen LogP contribution in [0.1, 0.15) is 20.8 Å². The van der Waals surface area contributed by atoms with Crippen LogP contribution < -0.4 is 4.72 Å². The minimum absolute atomic E-state index is 0.234. The summed E-state index contributed by atoms with van der Waals surface area (Å²) in [5, 5.41) is 17.9. The van der Waals surface area contributed by atoms with Gasteiger partial charge in [-0.2, -0.15) is 17.4 Å². The van der Waals surface area contributed by atoms with Crippen molar-refractivity contribution in [3.8, 4) is 0 Å². The molecule has 0 radical (unpaired) electrons. The first-order valence-corrected chi connectivity index (χ1v) is 6.38. The Bertz CT molecular complexity index is 323. The molecule has 0 bridgehead atoms. The molecule has 0 amide bonds. The predicted molar refractivity (Wildman–Crippen MR) is 58.1 cm³/mol. The molecule has 0 saturated carbocycles. The minimum atomic E-state index is -3.87. The maximum absolute atomic E-state index is 11.7. The Balaban J connectivity index is 4.86. The van der Waals surface area contributed by atoms with E-state index in [2.05, 4.69) is 0 Å². The highest BCUT2D eigenvalue weighted by Crippen LogP contribution is 2.02. The van der Waals surface area contributed by atoms with E-state index in [1.807, 2.05) is 4.72 Å². The number of aliphatic hydroxyl groups excluding tert-OH is 1. The lowest BCUT2D eigenvalue weighted by atomic mass is 10.2.